The first-order valence-corrected chi connectivity index (χ1v) is 11.4. The molecule has 1 aliphatic heterocycles. The Hall–Kier alpha value is -3.06. The topological polar surface area (TPSA) is 61.4 Å². The van der Waals surface area contributed by atoms with Crippen LogP contribution < -0.4 is 0 Å². The van der Waals surface area contributed by atoms with Gasteiger partial charge in [-0.25, -0.2) is 9.37 Å². The standard InChI is InChI=1S/C27H28FN3O2/c1-33-17-25-26(20-4-2-5-22(28)12-20)24-13-21(14-29-27(24)30-25)19-9-7-18(8-10-19)15-31-11-3-6-23(32)16-31/h2,4-5,7-10,12-14,23,32H,3,6,11,15-17H2,1H3,(H,29,30). The molecule has 2 N–H and O–H groups in total. The lowest BCUT2D eigenvalue weighted by atomic mass is 9.99. The van der Waals surface area contributed by atoms with Crippen molar-refractivity contribution in [2.75, 3.05) is 20.2 Å². The van der Waals surface area contributed by atoms with E-state index in [2.05, 4.69) is 45.2 Å². The Kier molecular flexibility index (Phi) is 6.22. The third-order valence-corrected chi connectivity index (χ3v) is 6.30. The molecule has 2 aromatic carbocycles. The monoisotopic (exact) mass is 445 g/mol. The van der Waals surface area contributed by atoms with Crippen molar-refractivity contribution < 1.29 is 14.2 Å². The van der Waals surface area contributed by atoms with Gasteiger partial charge >= 0.3 is 0 Å². The number of hydrogen-bond acceptors (Lipinski definition) is 4. The molecule has 0 radical (unpaired) electrons. The van der Waals surface area contributed by atoms with Crippen molar-refractivity contribution in [2.45, 2.75) is 32.1 Å². The van der Waals surface area contributed by atoms with Crippen LogP contribution in [0.5, 0.6) is 0 Å². The molecule has 33 heavy (non-hydrogen) atoms. The van der Waals surface area contributed by atoms with Gasteiger partial charge in [-0.05, 0) is 54.3 Å². The van der Waals surface area contributed by atoms with Crippen LogP contribution in [0.1, 0.15) is 24.1 Å². The summed E-state index contributed by atoms with van der Waals surface area (Å²) in [5, 5.41) is 10.9. The molecular weight excluding hydrogens is 417 g/mol. The van der Waals surface area contributed by atoms with Crippen LogP contribution in [0.4, 0.5) is 4.39 Å². The predicted octanol–water partition coefficient (Wildman–Crippen LogP) is 5.14. The van der Waals surface area contributed by atoms with E-state index in [1.807, 2.05) is 12.3 Å². The van der Waals surface area contributed by atoms with E-state index in [1.54, 1.807) is 19.2 Å². The number of aliphatic hydroxyl groups is 1. The maximum Gasteiger partial charge on any atom is 0.138 e. The number of ether oxygens (including phenoxy) is 1. The molecule has 0 aliphatic carbocycles. The summed E-state index contributed by atoms with van der Waals surface area (Å²) in [5.41, 5.74) is 6.65. The molecule has 4 aromatic rings. The Morgan fingerprint density at radius 2 is 1.97 bits per heavy atom. The fourth-order valence-corrected chi connectivity index (χ4v) is 4.74. The highest BCUT2D eigenvalue weighted by Crippen LogP contribution is 2.35. The third-order valence-electron chi connectivity index (χ3n) is 6.30. The number of hydrogen-bond donors (Lipinski definition) is 2. The molecular formula is C27H28FN3O2. The molecule has 1 saturated heterocycles. The summed E-state index contributed by atoms with van der Waals surface area (Å²) in [5.74, 6) is -0.272. The second-order valence-electron chi connectivity index (χ2n) is 8.77. The molecule has 0 spiro atoms. The number of halogens is 1. The van der Waals surface area contributed by atoms with E-state index in [0.717, 1.165) is 71.5 Å². The lowest BCUT2D eigenvalue weighted by Gasteiger charge is -2.29. The maximum absolute atomic E-state index is 14.0. The first kappa shape index (κ1) is 21.8. The van der Waals surface area contributed by atoms with Crippen LogP contribution in [0.2, 0.25) is 0 Å². The van der Waals surface area contributed by atoms with E-state index in [4.69, 9.17) is 4.74 Å². The first-order valence-electron chi connectivity index (χ1n) is 11.4. The van der Waals surface area contributed by atoms with E-state index in [0.29, 0.717) is 6.61 Å². The lowest BCUT2D eigenvalue weighted by molar-refractivity contribution is 0.0668. The number of likely N-dealkylation sites (tertiary alicyclic amines) is 1. The van der Waals surface area contributed by atoms with Gasteiger partial charge in [0.15, 0.2) is 0 Å². The molecule has 1 atom stereocenters. The van der Waals surface area contributed by atoms with E-state index in [9.17, 15) is 9.50 Å². The number of fused-ring (bicyclic) bond motifs is 1. The van der Waals surface area contributed by atoms with Crippen molar-refractivity contribution in [3.8, 4) is 22.3 Å². The molecule has 1 unspecified atom stereocenters. The zero-order chi connectivity index (χ0) is 22.8. The zero-order valence-electron chi connectivity index (χ0n) is 18.7. The summed E-state index contributed by atoms with van der Waals surface area (Å²) in [7, 11) is 1.64. The van der Waals surface area contributed by atoms with Crippen molar-refractivity contribution in [2.24, 2.45) is 0 Å². The molecule has 170 valence electrons. The average Bonchev–Trinajstić information content (AvgIpc) is 3.17. The molecule has 0 amide bonds. The van der Waals surface area contributed by atoms with Crippen LogP contribution in [-0.2, 0) is 17.9 Å². The number of pyridine rings is 1. The van der Waals surface area contributed by atoms with Crippen LogP contribution >= 0.6 is 0 Å². The Bertz CT molecular complexity index is 1250. The van der Waals surface area contributed by atoms with Gasteiger partial charge in [-0.2, -0.15) is 0 Å². The maximum atomic E-state index is 14.0. The van der Waals surface area contributed by atoms with E-state index < -0.39 is 0 Å². The highest BCUT2D eigenvalue weighted by atomic mass is 19.1. The van der Waals surface area contributed by atoms with Gasteiger partial charge in [0.1, 0.15) is 11.5 Å². The van der Waals surface area contributed by atoms with Crippen molar-refractivity contribution >= 4 is 11.0 Å². The zero-order valence-corrected chi connectivity index (χ0v) is 18.7. The van der Waals surface area contributed by atoms with Crippen molar-refractivity contribution in [3.63, 3.8) is 0 Å². The number of nitrogens with one attached hydrogen (secondary N) is 1. The highest BCUT2D eigenvalue weighted by molar-refractivity contribution is 5.97. The van der Waals surface area contributed by atoms with Gasteiger partial charge in [-0.1, -0.05) is 36.4 Å². The van der Waals surface area contributed by atoms with Gasteiger partial charge in [0.2, 0.25) is 0 Å². The molecule has 0 saturated carbocycles. The summed E-state index contributed by atoms with van der Waals surface area (Å²) >= 11 is 0. The molecule has 6 heteroatoms. The molecule has 2 aromatic heterocycles. The van der Waals surface area contributed by atoms with E-state index in [1.165, 1.54) is 11.6 Å². The predicted molar refractivity (Wildman–Crippen MR) is 128 cm³/mol. The number of aromatic nitrogens is 2. The van der Waals surface area contributed by atoms with Crippen LogP contribution in [0, 0.1) is 5.82 Å². The number of rotatable bonds is 6. The van der Waals surface area contributed by atoms with Crippen LogP contribution in [0.15, 0.2) is 60.8 Å². The number of aliphatic hydroxyl groups excluding tert-OH is 1. The summed E-state index contributed by atoms with van der Waals surface area (Å²) in [4.78, 5) is 10.3. The Balaban J connectivity index is 1.47. The first-order chi connectivity index (χ1) is 16.1. The molecule has 1 fully saturated rings. The fourth-order valence-electron chi connectivity index (χ4n) is 4.74. The smallest absolute Gasteiger partial charge is 0.138 e. The fraction of sp³-hybridized carbons (Fsp3) is 0.296. The number of benzene rings is 2. The second kappa shape index (κ2) is 9.43. The normalized spacial score (nSPS) is 17.0. The summed E-state index contributed by atoms with van der Waals surface area (Å²) < 4.78 is 19.3. The largest absolute Gasteiger partial charge is 0.392 e. The number of β-amino-alcohol motifs (C(OH)–C–C–N with tert-alkyl or cyclic N) is 1. The van der Waals surface area contributed by atoms with Gasteiger partial charge in [-0.15, -0.1) is 0 Å². The minimum Gasteiger partial charge on any atom is -0.392 e. The van der Waals surface area contributed by atoms with Crippen molar-refractivity contribution in [3.05, 3.63) is 77.9 Å². The average molecular weight is 446 g/mol. The minimum absolute atomic E-state index is 0.215. The molecule has 5 rings (SSSR count). The molecule has 0 bridgehead atoms. The number of aromatic amines is 1. The molecule has 3 heterocycles. The Morgan fingerprint density at radius 1 is 1.12 bits per heavy atom. The number of nitrogens with zero attached hydrogens (tertiary/aromatic N) is 2. The second-order valence-corrected chi connectivity index (χ2v) is 8.77. The van der Waals surface area contributed by atoms with Gasteiger partial charge < -0.3 is 14.8 Å². The van der Waals surface area contributed by atoms with Gasteiger partial charge in [-0.3, -0.25) is 4.90 Å². The van der Waals surface area contributed by atoms with Gasteiger partial charge in [0.25, 0.3) is 0 Å². The number of H-pyrrole nitrogens is 1. The Morgan fingerprint density at radius 3 is 2.73 bits per heavy atom. The van der Waals surface area contributed by atoms with Crippen LogP contribution in [0.25, 0.3) is 33.3 Å². The van der Waals surface area contributed by atoms with Crippen LogP contribution in [0.3, 0.4) is 0 Å². The Labute approximate surface area is 192 Å². The van der Waals surface area contributed by atoms with Gasteiger partial charge in [0, 0.05) is 42.9 Å². The van der Waals surface area contributed by atoms with E-state index in [-0.39, 0.29) is 11.9 Å². The third kappa shape index (κ3) is 4.69. The summed E-state index contributed by atoms with van der Waals surface area (Å²) in [6.07, 6.45) is 3.59. The lowest BCUT2D eigenvalue weighted by Crippen LogP contribution is -2.37. The van der Waals surface area contributed by atoms with Gasteiger partial charge in [0.05, 0.1) is 18.4 Å². The number of methoxy groups -OCH3 is 1. The quantitative estimate of drug-likeness (QED) is 0.432. The summed E-state index contributed by atoms with van der Waals surface area (Å²) in [6, 6.07) is 17.2. The van der Waals surface area contributed by atoms with E-state index >= 15 is 0 Å². The van der Waals surface area contributed by atoms with Crippen molar-refractivity contribution in [1.82, 2.24) is 14.9 Å². The molecule has 5 nitrogen and oxygen atoms in total. The summed E-state index contributed by atoms with van der Waals surface area (Å²) in [6.45, 7) is 3.00. The van der Waals surface area contributed by atoms with Crippen LogP contribution in [-0.4, -0.2) is 46.3 Å². The SMILES string of the molecule is COCc1[nH]c2ncc(-c3ccc(CN4CCCC(O)C4)cc3)cc2c1-c1cccc(F)c1. The highest BCUT2D eigenvalue weighted by Gasteiger charge is 2.18. The van der Waals surface area contributed by atoms with Crippen molar-refractivity contribution in [1.29, 1.82) is 0 Å². The minimum atomic E-state index is -0.272. The molecule has 1 aliphatic rings. The number of piperidine rings is 1.